The predicted molar refractivity (Wildman–Crippen MR) is 137 cm³/mol. The second-order valence-corrected chi connectivity index (χ2v) is 8.35. The molecule has 2 aromatic heterocycles. The summed E-state index contributed by atoms with van der Waals surface area (Å²) in [6.45, 7) is 2.07. The lowest BCUT2D eigenvalue weighted by Gasteiger charge is -2.30. The summed E-state index contributed by atoms with van der Waals surface area (Å²) in [5.41, 5.74) is 1.40. The molecule has 7 nitrogen and oxygen atoms in total. The van der Waals surface area contributed by atoms with Crippen molar-refractivity contribution in [3.05, 3.63) is 125 Å². The van der Waals surface area contributed by atoms with E-state index in [0.717, 1.165) is 0 Å². The molecule has 0 aliphatic rings. The van der Waals surface area contributed by atoms with Gasteiger partial charge in [-0.3, -0.25) is 14.2 Å². The Morgan fingerprint density at radius 3 is 2.44 bits per heavy atom. The standard InChI is InChI=1S/C29H25N3O4/c1-20(31(19-22-13-10-18-36-22)28(33)21-11-4-3-5-12-21)27-30-24-15-7-6-14-23(24)29(34)32(27)25-16-8-9-17-26(25)35-2/h3-18,20H,19H2,1-2H3. The van der Waals surface area contributed by atoms with Gasteiger partial charge in [-0.05, 0) is 55.5 Å². The average Bonchev–Trinajstić information content (AvgIpc) is 3.45. The lowest BCUT2D eigenvalue weighted by molar-refractivity contribution is 0.0648. The molecule has 180 valence electrons. The molecule has 0 spiro atoms. The van der Waals surface area contributed by atoms with Gasteiger partial charge in [0.05, 0.1) is 42.5 Å². The first kappa shape index (κ1) is 23.1. The van der Waals surface area contributed by atoms with Crippen molar-refractivity contribution >= 4 is 16.8 Å². The van der Waals surface area contributed by atoms with Gasteiger partial charge in [-0.15, -0.1) is 0 Å². The molecule has 0 aliphatic heterocycles. The SMILES string of the molecule is COc1ccccc1-n1c(C(C)N(Cc2ccco2)C(=O)c2ccccc2)nc2ccccc2c1=O. The van der Waals surface area contributed by atoms with Crippen LogP contribution in [0.5, 0.6) is 5.75 Å². The van der Waals surface area contributed by atoms with Crippen LogP contribution in [0, 0.1) is 0 Å². The molecule has 2 heterocycles. The van der Waals surface area contributed by atoms with Crippen molar-refractivity contribution < 1.29 is 13.9 Å². The number of para-hydroxylation sites is 3. The molecule has 5 aromatic rings. The van der Waals surface area contributed by atoms with Crippen molar-refractivity contribution in [3.63, 3.8) is 0 Å². The summed E-state index contributed by atoms with van der Waals surface area (Å²) in [5.74, 6) is 1.36. The van der Waals surface area contributed by atoms with Crippen molar-refractivity contribution in [1.82, 2.24) is 14.5 Å². The van der Waals surface area contributed by atoms with E-state index in [2.05, 4.69) is 0 Å². The minimum Gasteiger partial charge on any atom is -0.495 e. The minimum absolute atomic E-state index is 0.200. The van der Waals surface area contributed by atoms with Crippen LogP contribution in [0.15, 0.2) is 106 Å². The van der Waals surface area contributed by atoms with Gasteiger partial charge in [0, 0.05) is 5.56 Å². The maximum absolute atomic E-state index is 13.8. The summed E-state index contributed by atoms with van der Waals surface area (Å²) in [4.78, 5) is 34.2. The Morgan fingerprint density at radius 2 is 1.69 bits per heavy atom. The Hall–Kier alpha value is -4.65. The molecule has 1 amide bonds. The van der Waals surface area contributed by atoms with Crippen LogP contribution in [0.4, 0.5) is 0 Å². The largest absolute Gasteiger partial charge is 0.495 e. The van der Waals surface area contributed by atoms with Crippen LogP contribution in [-0.4, -0.2) is 27.5 Å². The van der Waals surface area contributed by atoms with Gasteiger partial charge in [-0.1, -0.05) is 42.5 Å². The Morgan fingerprint density at radius 1 is 0.972 bits per heavy atom. The summed E-state index contributed by atoms with van der Waals surface area (Å²) >= 11 is 0. The molecule has 0 fully saturated rings. The average molecular weight is 480 g/mol. The number of rotatable bonds is 7. The number of hydrogen-bond donors (Lipinski definition) is 0. The predicted octanol–water partition coefficient (Wildman–Crippen LogP) is 5.39. The Labute approximate surface area is 208 Å². The van der Waals surface area contributed by atoms with Crippen LogP contribution < -0.4 is 10.3 Å². The Bertz CT molecular complexity index is 1560. The number of methoxy groups -OCH3 is 1. The molecule has 3 aromatic carbocycles. The number of aromatic nitrogens is 2. The van der Waals surface area contributed by atoms with E-state index in [0.29, 0.717) is 39.5 Å². The molecule has 0 aliphatic carbocycles. The van der Waals surface area contributed by atoms with Crippen molar-refractivity contribution in [2.24, 2.45) is 0 Å². The first-order valence-electron chi connectivity index (χ1n) is 11.6. The first-order valence-corrected chi connectivity index (χ1v) is 11.6. The van der Waals surface area contributed by atoms with Crippen molar-refractivity contribution in [1.29, 1.82) is 0 Å². The van der Waals surface area contributed by atoms with E-state index in [9.17, 15) is 9.59 Å². The summed E-state index contributed by atoms with van der Waals surface area (Å²) in [7, 11) is 1.56. The minimum atomic E-state index is -0.593. The van der Waals surface area contributed by atoms with E-state index in [-0.39, 0.29) is 18.0 Å². The summed E-state index contributed by atoms with van der Waals surface area (Å²) < 4.78 is 12.7. The van der Waals surface area contributed by atoms with Gasteiger partial charge < -0.3 is 14.1 Å². The summed E-state index contributed by atoms with van der Waals surface area (Å²) in [6, 6.07) is 26.5. The fourth-order valence-corrected chi connectivity index (χ4v) is 4.32. The number of hydrogen-bond acceptors (Lipinski definition) is 5. The van der Waals surface area contributed by atoms with Crippen LogP contribution in [-0.2, 0) is 6.54 Å². The highest BCUT2D eigenvalue weighted by molar-refractivity contribution is 5.94. The zero-order chi connectivity index (χ0) is 25.1. The van der Waals surface area contributed by atoms with Crippen molar-refractivity contribution in [3.8, 4) is 11.4 Å². The number of nitrogens with zero attached hydrogens (tertiary/aromatic N) is 3. The molecule has 1 atom stereocenters. The van der Waals surface area contributed by atoms with Crippen LogP contribution in [0.1, 0.15) is 34.9 Å². The molecule has 0 N–H and O–H groups in total. The molecular weight excluding hydrogens is 454 g/mol. The quantitative estimate of drug-likeness (QED) is 0.313. The van der Waals surface area contributed by atoms with E-state index >= 15 is 0 Å². The molecule has 0 bridgehead atoms. The zero-order valence-electron chi connectivity index (χ0n) is 20.0. The third-order valence-electron chi connectivity index (χ3n) is 6.16. The Balaban J connectivity index is 1.73. The fourth-order valence-electron chi connectivity index (χ4n) is 4.32. The molecule has 0 saturated heterocycles. The van der Waals surface area contributed by atoms with Gasteiger partial charge >= 0.3 is 0 Å². The van der Waals surface area contributed by atoms with E-state index in [4.69, 9.17) is 14.1 Å². The smallest absolute Gasteiger partial charge is 0.266 e. The Kier molecular flexibility index (Phi) is 6.36. The van der Waals surface area contributed by atoms with Crippen LogP contribution in [0.3, 0.4) is 0 Å². The number of amides is 1. The number of ether oxygens (including phenoxy) is 1. The number of carbonyl (C=O) groups is 1. The lowest BCUT2D eigenvalue weighted by Crippen LogP contribution is -2.37. The number of benzene rings is 3. The monoisotopic (exact) mass is 479 g/mol. The zero-order valence-corrected chi connectivity index (χ0v) is 20.0. The van der Waals surface area contributed by atoms with Gasteiger partial charge in [0.15, 0.2) is 0 Å². The van der Waals surface area contributed by atoms with Gasteiger partial charge in [0.25, 0.3) is 11.5 Å². The molecule has 1 unspecified atom stereocenters. The molecular formula is C29H25N3O4. The van der Waals surface area contributed by atoms with E-state index < -0.39 is 6.04 Å². The summed E-state index contributed by atoms with van der Waals surface area (Å²) in [6.07, 6.45) is 1.57. The van der Waals surface area contributed by atoms with Crippen LogP contribution in [0.25, 0.3) is 16.6 Å². The molecule has 36 heavy (non-hydrogen) atoms. The fraction of sp³-hybridized carbons (Fsp3) is 0.138. The highest BCUT2D eigenvalue weighted by atomic mass is 16.5. The van der Waals surface area contributed by atoms with Crippen molar-refractivity contribution in [2.45, 2.75) is 19.5 Å². The van der Waals surface area contributed by atoms with Gasteiger partial charge in [0.1, 0.15) is 17.3 Å². The van der Waals surface area contributed by atoms with E-state index in [1.54, 1.807) is 59.2 Å². The van der Waals surface area contributed by atoms with Crippen LogP contribution >= 0.6 is 0 Å². The van der Waals surface area contributed by atoms with Crippen molar-refractivity contribution in [2.75, 3.05) is 7.11 Å². The summed E-state index contributed by atoms with van der Waals surface area (Å²) in [5, 5.41) is 0.478. The normalized spacial score (nSPS) is 11.8. The molecule has 7 heteroatoms. The molecule has 5 rings (SSSR count). The maximum Gasteiger partial charge on any atom is 0.266 e. The third kappa shape index (κ3) is 4.27. The topological polar surface area (TPSA) is 77.6 Å². The highest BCUT2D eigenvalue weighted by Crippen LogP contribution is 2.29. The number of carbonyl (C=O) groups excluding carboxylic acids is 1. The molecule has 0 saturated carbocycles. The highest BCUT2D eigenvalue weighted by Gasteiger charge is 2.29. The second-order valence-electron chi connectivity index (χ2n) is 8.35. The third-order valence-corrected chi connectivity index (χ3v) is 6.16. The first-order chi connectivity index (χ1) is 17.6. The second kappa shape index (κ2) is 9.92. The van der Waals surface area contributed by atoms with E-state index in [1.807, 2.05) is 61.5 Å². The van der Waals surface area contributed by atoms with Gasteiger partial charge in [0.2, 0.25) is 0 Å². The molecule has 0 radical (unpaired) electrons. The van der Waals surface area contributed by atoms with Gasteiger partial charge in [-0.2, -0.15) is 0 Å². The maximum atomic E-state index is 13.8. The van der Waals surface area contributed by atoms with Crippen LogP contribution in [0.2, 0.25) is 0 Å². The lowest BCUT2D eigenvalue weighted by atomic mass is 10.1. The van der Waals surface area contributed by atoms with Gasteiger partial charge in [-0.25, -0.2) is 4.98 Å². The number of furan rings is 1. The number of fused-ring (bicyclic) bond motifs is 1. The van der Waals surface area contributed by atoms with E-state index in [1.165, 1.54) is 0 Å².